The summed E-state index contributed by atoms with van der Waals surface area (Å²) >= 11 is 3.46. The molecule has 3 nitrogen and oxygen atoms in total. The highest BCUT2D eigenvalue weighted by molar-refractivity contribution is 9.10. The molecule has 4 heteroatoms. The monoisotopic (exact) mass is 285 g/mol. The van der Waals surface area contributed by atoms with E-state index in [9.17, 15) is 0 Å². The van der Waals surface area contributed by atoms with Gasteiger partial charge >= 0.3 is 0 Å². The van der Waals surface area contributed by atoms with Crippen LogP contribution in [0.15, 0.2) is 16.7 Å². The maximum atomic E-state index is 4.49. The highest BCUT2D eigenvalue weighted by atomic mass is 79.9. The third-order valence-corrected chi connectivity index (χ3v) is 2.92. The second-order valence-corrected chi connectivity index (χ2v) is 4.86. The van der Waals surface area contributed by atoms with E-state index < -0.39 is 0 Å². The Hall–Kier alpha value is -0.610. The summed E-state index contributed by atoms with van der Waals surface area (Å²) in [5.74, 6) is 1.08. The molecule has 0 amide bonds. The van der Waals surface area contributed by atoms with E-state index in [0.717, 1.165) is 23.4 Å². The van der Waals surface area contributed by atoms with Crippen molar-refractivity contribution in [2.24, 2.45) is 0 Å². The van der Waals surface area contributed by atoms with E-state index in [-0.39, 0.29) is 0 Å². The van der Waals surface area contributed by atoms with Crippen LogP contribution in [-0.4, -0.2) is 25.6 Å². The number of halogens is 1. The van der Waals surface area contributed by atoms with E-state index in [1.165, 1.54) is 18.4 Å². The van der Waals surface area contributed by atoms with Crippen LogP contribution >= 0.6 is 15.9 Å². The molecule has 0 aliphatic rings. The molecule has 0 aliphatic carbocycles. The van der Waals surface area contributed by atoms with Gasteiger partial charge in [0.15, 0.2) is 0 Å². The molecule has 16 heavy (non-hydrogen) atoms. The summed E-state index contributed by atoms with van der Waals surface area (Å²) < 4.78 is 1.03. The van der Waals surface area contributed by atoms with Gasteiger partial charge in [-0.2, -0.15) is 0 Å². The highest BCUT2D eigenvalue weighted by Crippen LogP contribution is 2.20. The molecule has 1 N–H and O–H groups in total. The van der Waals surface area contributed by atoms with Crippen molar-refractivity contribution in [2.75, 3.05) is 25.5 Å². The number of hydrogen-bond donors (Lipinski definition) is 1. The summed E-state index contributed by atoms with van der Waals surface area (Å²) in [4.78, 5) is 6.71. The summed E-state index contributed by atoms with van der Waals surface area (Å²) in [5, 5.41) is 3.18. The van der Waals surface area contributed by atoms with Crippen molar-refractivity contribution in [3.63, 3.8) is 0 Å². The molecule has 1 rings (SSSR count). The van der Waals surface area contributed by atoms with Gasteiger partial charge in [0.05, 0.1) is 0 Å². The SMILES string of the molecule is CCCCN(C)c1ncc(Br)cc1CNC. The molecule has 0 unspecified atom stereocenters. The Bertz CT molecular complexity index is 328. The average molecular weight is 286 g/mol. The lowest BCUT2D eigenvalue weighted by Gasteiger charge is -2.21. The molecule has 0 fully saturated rings. The molecule has 90 valence electrons. The molecule has 0 saturated heterocycles. The van der Waals surface area contributed by atoms with Crippen molar-refractivity contribution < 1.29 is 0 Å². The van der Waals surface area contributed by atoms with E-state index >= 15 is 0 Å². The first-order valence-electron chi connectivity index (χ1n) is 5.69. The first-order valence-corrected chi connectivity index (χ1v) is 6.48. The number of nitrogens with one attached hydrogen (secondary N) is 1. The fourth-order valence-corrected chi connectivity index (χ4v) is 2.02. The molecule has 0 aliphatic heterocycles. The van der Waals surface area contributed by atoms with Gasteiger partial charge in [-0.05, 0) is 35.5 Å². The Balaban J connectivity index is 2.84. The number of pyridine rings is 1. The summed E-state index contributed by atoms with van der Waals surface area (Å²) in [7, 11) is 4.06. The molecule has 0 bridgehead atoms. The summed E-state index contributed by atoms with van der Waals surface area (Å²) in [6.45, 7) is 4.11. The fourth-order valence-electron chi connectivity index (χ4n) is 1.64. The summed E-state index contributed by atoms with van der Waals surface area (Å²) in [6, 6.07) is 2.13. The van der Waals surface area contributed by atoms with Gasteiger partial charge in [0.25, 0.3) is 0 Å². The van der Waals surface area contributed by atoms with Crippen LogP contribution in [0.25, 0.3) is 0 Å². The van der Waals surface area contributed by atoms with Crippen molar-refractivity contribution >= 4 is 21.7 Å². The standard InChI is InChI=1S/C12H20BrN3/c1-4-5-6-16(3)12-10(8-14-2)7-11(13)9-15-12/h7,9,14H,4-6,8H2,1-3H3. The number of nitrogens with zero attached hydrogens (tertiary/aromatic N) is 2. The van der Waals surface area contributed by atoms with Gasteiger partial charge in [-0.15, -0.1) is 0 Å². The molecule has 0 saturated carbocycles. The molecular weight excluding hydrogens is 266 g/mol. The topological polar surface area (TPSA) is 28.2 Å². The number of unbranched alkanes of at least 4 members (excludes halogenated alkanes) is 1. The summed E-state index contributed by atoms with van der Waals surface area (Å²) in [6.07, 6.45) is 4.27. The van der Waals surface area contributed by atoms with E-state index in [1.807, 2.05) is 13.2 Å². The van der Waals surface area contributed by atoms with Crippen molar-refractivity contribution in [3.05, 3.63) is 22.3 Å². The van der Waals surface area contributed by atoms with E-state index in [0.29, 0.717) is 0 Å². The second kappa shape index (κ2) is 6.86. The minimum Gasteiger partial charge on any atom is -0.359 e. The Labute approximate surface area is 106 Å². The Morgan fingerprint density at radius 1 is 1.50 bits per heavy atom. The smallest absolute Gasteiger partial charge is 0.132 e. The van der Waals surface area contributed by atoms with Crippen molar-refractivity contribution in [1.29, 1.82) is 0 Å². The number of aromatic nitrogens is 1. The minimum absolute atomic E-state index is 0.845. The maximum Gasteiger partial charge on any atom is 0.132 e. The maximum absolute atomic E-state index is 4.49. The van der Waals surface area contributed by atoms with Gasteiger partial charge in [0, 0.05) is 36.4 Å². The van der Waals surface area contributed by atoms with Crippen LogP contribution in [0.1, 0.15) is 25.3 Å². The zero-order valence-electron chi connectivity index (χ0n) is 10.3. The van der Waals surface area contributed by atoms with Crippen molar-refractivity contribution in [2.45, 2.75) is 26.3 Å². The quantitative estimate of drug-likeness (QED) is 0.871. The largest absolute Gasteiger partial charge is 0.359 e. The zero-order valence-corrected chi connectivity index (χ0v) is 11.8. The fraction of sp³-hybridized carbons (Fsp3) is 0.583. The van der Waals surface area contributed by atoms with Gasteiger partial charge < -0.3 is 10.2 Å². The first-order chi connectivity index (χ1) is 7.69. The third kappa shape index (κ3) is 3.76. The lowest BCUT2D eigenvalue weighted by atomic mass is 10.2. The van der Waals surface area contributed by atoms with Crippen LogP contribution in [0.2, 0.25) is 0 Å². The van der Waals surface area contributed by atoms with Crippen molar-refractivity contribution in [1.82, 2.24) is 10.3 Å². The van der Waals surface area contributed by atoms with Crippen LogP contribution in [-0.2, 0) is 6.54 Å². The average Bonchev–Trinajstić information content (AvgIpc) is 2.26. The second-order valence-electron chi connectivity index (χ2n) is 3.94. The van der Waals surface area contributed by atoms with Crippen LogP contribution in [0, 0.1) is 0 Å². The predicted octanol–water partition coefficient (Wildman–Crippen LogP) is 2.80. The Morgan fingerprint density at radius 3 is 2.88 bits per heavy atom. The highest BCUT2D eigenvalue weighted by Gasteiger charge is 2.08. The molecule has 1 aromatic heterocycles. The lowest BCUT2D eigenvalue weighted by Crippen LogP contribution is -2.22. The van der Waals surface area contributed by atoms with E-state index in [2.05, 4.69) is 51.2 Å². The predicted molar refractivity (Wildman–Crippen MR) is 72.9 cm³/mol. The van der Waals surface area contributed by atoms with E-state index in [4.69, 9.17) is 0 Å². The van der Waals surface area contributed by atoms with E-state index in [1.54, 1.807) is 0 Å². The van der Waals surface area contributed by atoms with Crippen LogP contribution in [0.5, 0.6) is 0 Å². The number of hydrogen-bond acceptors (Lipinski definition) is 3. The molecule has 0 spiro atoms. The molecule has 1 heterocycles. The first kappa shape index (κ1) is 13.5. The molecule has 0 aromatic carbocycles. The normalized spacial score (nSPS) is 10.5. The molecule has 0 radical (unpaired) electrons. The third-order valence-electron chi connectivity index (χ3n) is 2.49. The molecular formula is C12H20BrN3. The van der Waals surface area contributed by atoms with Gasteiger partial charge in [0.1, 0.15) is 5.82 Å². The van der Waals surface area contributed by atoms with Crippen molar-refractivity contribution in [3.8, 4) is 0 Å². The van der Waals surface area contributed by atoms with Crippen LogP contribution < -0.4 is 10.2 Å². The van der Waals surface area contributed by atoms with Gasteiger partial charge in [-0.25, -0.2) is 4.98 Å². The van der Waals surface area contributed by atoms with Gasteiger partial charge in [-0.3, -0.25) is 0 Å². The minimum atomic E-state index is 0.845. The number of anilines is 1. The van der Waals surface area contributed by atoms with Crippen LogP contribution in [0.3, 0.4) is 0 Å². The number of rotatable bonds is 6. The van der Waals surface area contributed by atoms with Crippen LogP contribution in [0.4, 0.5) is 5.82 Å². The van der Waals surface area contributed by atoms with Gasteiger partial charge in [-0.1, -0.05) is 13.3 Å². The Morgan fingerprint density at radius 2 is 2.25 bits per heavy atom. The lowest BCUT2D eigenvalue weighted by molar-refractivity contribution is 0.745. The molecule has 1 aromatic rings. The van der Waals surface area contributed by atoms with Gasteiger partial charge in [0.2, 0.25) is 0 Å². The summed E-state index contributed by atoms with van der Waals surface area (Å²) in [5.41, 5.74) is 1.23. The zero-order chi connectivity index (χ0) is 12.0. The Kier molecular flexibility index (Phi) is 5.77. The molecule has 0 atom stereocenters.